The third-order valence-corrected chi connectivity index (χ3v) is 1.88. The van der Waals surface area contributed by atoms with E-state index in [2.05, 4.69) is 0 Å². The van der Waals surface area contributed by atoms with Crippen LogP contribution in [0, 0.1) is 0 Å². The SMILES string of the molecule is O=C(CCCOCCO)Oc1ccccc1. The average Bonchev–Trinajstić information content (AvgIpc) is 2.30. The van der Waals surface area contributed by atoms with Crippen molar-refractivity contribution in [1.82, 2.24) is 0 Å². The topological polar surface area (TPSA) is 55.8 Å². The lowest BCUT2D eigenvalue weighted by molar-refractivity contribution is -0.134. The maximum atomic E-state index is 11.3. The summed E-state index contributed by atoms with van der Waals surface area (Å²) in [5.74, 6) is 0.294. The Balaban J connectivity index is 2.12. The maximum absolute atomic E-state index is 11.3. The first kappa shape index (κ1) is 12.7. The number of rotatable bonds is 7. The molecule has 0 saturated heterocycles. The molecule has 88 valence electrons. The highest BCUT2D eigenvalue weighted by atomic mass is 16.5. The van der Waals surface area contributed by atoms with E-state index in [0.29, 0.717) is 31.8 Å². The van der Waals surface area contributed by atoms with Gasteiger partial charge in [-0.2, -0.15) is 0 Å². The zero-order valence-corrected chi connectivity index (χ0v) is 9.09. The van der Waals surface area contributed by atoms with Gasteiger partial charge in [-0.3, -0.25) is 4.79 Å². The molecule has 0 unspecified atom stereocenters. The summed E-state index contributed by atoms with van der Waals surface area (Å²) in [6.45, 7) is 0.784. The minimum Gasteiger partial charge on any atom is -0.427 e. The van der Waals surface area contributed by atoms with E-state index in [0.717, 1.165) is 0 Å². The van der Waals surface area contributed by atoms with Crippen molar-refractivity contribution in [1.29, 1.82) is 0 Å². The van der Waals surface area contributed by atoms with Crippen LogP contribution in [0.15, 0.2) is 30.3 Å². The van der Waals surface area contributed by atoms with Crippen LogP contribution < -0.4 is 4.74 Å². The highest BCUT2D eigenvalue weighted by molar-refractivity contribution is 5.72. The molecule has 0 saturated carbocycles. The molecule has 4 nitrogen and oxygen atoms in total. The molecule has 16 heavy (non-hydrogen) atoms. The summed E-state index contributed by atoms with van der Waals surface area (Å²) in [6, 6.07) is 8.96. The van der Waals surface area contributed by atoms with E-state index in [9.17, 15) is 4.79 Å². The number of aliphatic hydroxyl groups is 1. The highest BCUT2D eigenvalue weighted by Crippen LogP contribution is 2.09. The molecule has 0 aliphatic carbocycles. The number of esters is 1. The third-order valence-electron chi connectivity index (χ3n) is 1.88. The molecule has 0 aliphatic rings. The first-order valence-corrected chi connectivity index (χ1v) is 5.27. The lowest BCUT2D eigenvalue weighted by Gasteiger charge is -2.04. The Hall–Kier alpha value is -1.39. The van der Waals surface area contributed by atoms with Crippen molar-refractivity contribution in [3.05, 3.63) is 30.3 Å². The molecular formula is C12H16O4. The van der Waals surface area contributed by atoms with E-state index in [4.69, 9.17) is 14.6 Å². The third kappa shape index (κ3) is 5.48. The number of carbonyl (C=O) groups excluding carboxylic acids is 1. The monoisotopic (exact) mass is 224 g/mol. The lowest BCUT2D eigenvalue weighted by atomic mass is 10.3. The largest absolute Gasteiger partial charge is 0.427 e. The first-order valence-electron chi connectivity index (χ1n) is 5.27. The zero-order valence-electron chi connectivity index (χ0n) is 9.09. The summed E-state index contributed by atoms with van der Waals surface area (Å²) in [4.78, 5) is 11.3. The van der Waals surface area contributed by atoms with Crippen LogP contribution in [0.4, 0.5) is 0 Å². The second kappa shape index (κ2) is 7.84. The molecule has 1 rings (SSSR count). The van der Waals surface area contributed by atoms with Crippen LogP contribution >= 0.6 is 0 Å². The molecule has 0 heterocycles. The second-order valence-corrected chi connectivity index (χ2v) is 3.23. The minimum atomic E-state index is -0.265. The minimum absolute atomic E-state index is 0.00839. The van der Waals surface area contributed by atoms with Gasteiger partial charge in [0.2, 0.25) is 0 Å². The van der Waals surface area contributed by atoms with Crippen LogP contribution in [0.2, 0.25) is 0 Å². The molecule has 0 radical (unpaired) electrons. The van der Waals surface area contributed by atoms with E-state index >= 15 is 0 Å². The standard InChI is InChI=1S/C12H16O4/c13-8-10-15-9-4-7-12(14)16-11-5-2-1-3-6-11/h1-3,5-6,13H,4,7-10H2. The molecule has 1 N–H and O–H groups in total. The Morgan fingerprint density at radius 1 is 1.19 bits per heavy atom. The van der Waals surface area contributed by atoms with Crippen molar-refractivity contribution < 1.29 is 19.4 Å². The summed E-state index contributed by atoms with van der Waals surface area (Å²) in [6.07, 6.45) is 0.923. The van der Waals surface area contributed by atoms with Gasteiger partial charge in [0, 0.05) is 13.0 Å². The summed E-state index contributed by atoms with van der Waals surface area (Å²) >= 11 is 0. The van der Waals surface area contributed by atoms with Crippen molar-refractivity contribution >= 4 is 5.97 Å². The van der Waals surface area contributed by atoms with E-state index in [-0.39, 0.29) is 12.6 Å². The molecule has 4 heteroatoms. The van der Waals surface area contributed by atoms with Gasteiger partial charge in [0.05, 0.1) is 13.2 Å². The van der Waals surface area contributed by atoms with Gasteiger partial charge in [0.25, 0.3) is 0 Å². The van der Waals surface area contributed by atoms with Crippen LogP contribution in [0.1, 0.15) is 12.8 Å². The Kier molecular flexibility index (Phi) is 6.22. The van der Waals surface area contributed by atoms with Gasteiger partial charge in [-0.1, -0.05) is 18.2 Å². The molecule has 0 aromatic heterocycles. The zero-order chi connectivity index (χ0) is 11.6. The number of aliphatic hydroxyl groups excluding tert-OH is 1. The smallest absolute Gasteiger partial charge is 0.311 e. The average molecular weight is 224 g/mol. The number of hydrogen-bond acceptors (Lipinski definition) is 4. The van der Waals surface area contributed by atoms with Crippen molar-refractivity contribution in [2.75, 3.05) is 19.8 Å². The molecule has 0 aliphatic heterocycles. The summed E-state index contributed by atoms with van der Waals surface area (Å²) < 4.78 is 10.1. The maximum Gasteiger partial charge on any atom is 0.311 e. The summed E-state index contributed by atoms with van der Waals surface area (Å²) in [7, 11) is 0. The van der Waals surface area contributed by atoms with Crippen LogP contribution in [-0.2, 0) is 9.53 Å². The molecule has 1 aromatic carbocycles. The van der Waals surface area contributed by atoms with Gasteiger partial charge in [-0.25, -0.2) is 0 Å². The number of hydrogen-bond donors (Lipinski definition) is 1. The van der Waals surface area contributed by atoms with Crippen molar-refractivity contribution in [2.24, 2.45) is 0 Å². The Morgan fingerprint density at radius 3 is 2.62 bits per heavy atom. The predicted octanol–water partition coefficient (Wildman–Crippen LogP) is 1.38. The number of para-hydroxylation sites is 1. The van der Waals surface area contributed by atoms with Crippen LogP contribution in [-0.4, -0.2) is 30.9 Å². The Labute approximate surface area is 94.8 Å². The Bertz CT molecular complexity index is 297. The lowest BCUT2D eigenvalue weighted by Crippen LogP contribution is -2.09. The predicted molar refractivity (Wildman–Crippen MR) is 59.2 cm³/mol. The van der Waals surface area contributed by atoms with E-state index in [1.165, 1.54) is 0 Å². The van der Waals surface area contributed by atoms with E-state index in [1.54, 1.807) is 12.1 Å². The van der Waals surface area contributed by atoms with Gasteiger partial charge in [-0.05, 0) is 18.6 Å². The van der Waals surface area contributed by atoms with Crippen molar-refractivity contribution in [2.45, 2.75) is 12.8 Å². The van der Waals surface area contributed by atoms with Crippen LogP contribution in [0.5, 0.6) is 5.75 Å². The van der Waals surface area contributed by atoms with Crippen LogP contribution in [0.3, 0.4) is 0 Å². The number of ether oxygens (including phenoxy) is 2. The van der Waals surface area contributed by atoms with Gasteiger partial charge in [0.1, 0.15) is 5.75 Å². The normalized spacial score (nSPS) is 10.1. The summed E-state index contributed by atoms with van der Waals surface area (Å²) in [5.41, 5.74) is 0. The second-order valence-electron chi connectivity index (χ2n) is 3.23. The molecule has 0 spiro atoms. The van der Waals surface area contributed by atoms with Crippen molar-refractivity contribution in [3.8, 4) is 5.75 Å². The molecule has 0 amide bonds. The summed E-state index contributed by atoms with van der Waals surface area (Å²) in [5, 5.41) is 8.45. The van der Waals surface area contributed by atoms with Gasteiger partial charge >= 0.3 is 5.97 Å². The van der Waals surface area contributed by atoms with Gasteiger partial charge in [-0.15, -0.1) is 0 Å². The highest BCUT2D eigenvalue weighted by Gasteiger charge is 2.03. The first-order chi connectivity index (χ1) is 7.83. The molecule has 0 atom stereocenters. The molecule has 0 fully saturated rings. The fraction of sp³-hybridized carbons (Fsp3) is 0.417. The molecule has 0 bridgehead atoms. The van der Waals surface area contributed by atoms with Gasteiger partial charge in [0.15, 0.2) is 0 Å². The number of carbonyl (C=O) groups is 1. The fourth-order valence-corrected chi connectivity index (χ4v) is 1.16. The van der Waals surface area contributed by atoms with Gasteiger partial charge < -0.3 is 14.6 Å². The van der Waals surface area contributed by atoms with Crippen LogP contribution in [0.25, 0.3) is 0 Å². The number of benzene rings is 1. The van der Waals surface area contributed by atoms with Crippen molar-refractivity contribution in [3.63, 3.8) is 0 Å². The van der Waals surface area contributed by atoms with E-state index in [1.807, 2.05) is 18.2 Å². The Morgan fingerprint density at radius 2 is 1.94 bits per heavy atom. The fourth-order valence-electron chi connectivity index (χ4n) is 1.16. The van der Waals surface area contributed by atoms with E-state index < -0.39 is 0 Å². The quantitative estimate of drug-likeness (QED) is 0.432. The molecule has 1 aromatic rings. The molecular weight excluding hydrogens is 208 g/mol.